The van der Waals surface area contributed by atoms with Crippen LogP contribution in [0.15, 0.2) is 18.2 Å². The summed E-state index contributed by atoms with van der Waals surface area (Å²) in [6.07, 6.45) is 0.252. The summed E-state index contributed by atoms with van der Waals surface area (Å²) < 4.78 is 6.16. The van der Waals surface area contributed by atoms with Gasteiger partial charge in [-0.1, -0.05) is 39.8 Å². The van der Waals surface area contributed by atoms with Crippen LogP contribution in [0.3, 0.4) is 0 Å². The van der Waals surface area contributed by atoms with Gasteiger partial charge in [0, 0.05) is 6.54 Å². The van der Waals surface area contributed by atoms with Crippen LogP contribution in [0.2, 0.25) is 0 Å². The Labute approximate surface area is 105 Å². The molecule has 1 aromatic rings. The molecule has 0 unspecified atom stereocenters. The fourth-order valence-corrected chi connectivity index (χ4v) is 2.20. The third kappa shape index (κ3) is 3.47. The van der Waals surface area contributed by atoms with Crippen molar-refractivity contribution in [2.24, 2.45) is 17.6 Å². The molecule has 0 amide bonds. The van der Waals surface area contributed by atoms with Gasteiger partial charge >= 0.3 is 0 Å². The van der Waals surface area contributed by atoms with E-state index in [0.717, 1.165) is 11.3 Å². The first-order valence-corrected chi connectivity index (χ1v) is 6.42. The van der Waals surface area contributed by atoms with Crippen molar-refractivity contribution < 1.29 is 4.74 Å². The van der Waals surface area contributed by atoms with Crippen LogP contribution in [0.25, 0.3) is 0 Å². The van der Waals surface area contributed by atoms with E-state index in [9.17, 15) is 0 Å². The van der Waals surface area contributed by atoms with Gasteiger partial charge in [0.05, 0.1) is 0 Å². The minimum atomic E-state index is 0.252. The molecule has 0 fully saturated rings. The minimum absolute atomic E-state index is 0.252. The van der Waals surface area contributed by atoms with E-state index in [4.69, 9.17) is 10.5 Å². The standard InChI is InChI=1S/C15H25NO/c1-10(2)15(11(3)4)17-14-8-6-7-13(9-16)12(14)5/h6-8,10-11,15H,9,16H2,1-5H3. The Morgan fingerprint density at radius 1 is 1.12 bits per heavy atom. The number of ether oxygens (including phenoxy) is 1. The zero-order chi connectivity index (χ0) is 13.0. The second-order valence-electron chi connectivity index (χ2n) is 5.31. The quantitative estimate of drug-likeness (QED) is 0.847. The Kier molecular flexibility index (Phi) is 5.01. The van der Waals surface area contributed by atoms with Crippen LogP contribution in [0.4, 0.5) is 0 Å². The van der Waals surface area contributed by atoms with E-state index in [-0.39, 0.29) is 6.10 Å². The van der Waals surface area contributed by atoms with Gasteiger partial charge in [0.25, 0.3) is 0 Å². The first-order valence-electron chi connectivity index (χ1n) is 6.42. The maximum absolute atomic E-state index is 6.16. The van der Waals surface area contributed by atoms with Crippen LogP contribution < -0.4 is 10.5 Å². The molecule has 0 aliphatic heterocycles. The first-order chi connectivity index (χ1) is 7.97. The molecule has 17 heavy (non-hydrogen) atoms. The highest BCUT2D eigenvalue weighted by molar-refractivity contribution is 5.39. The van der Waals surface area contributed by atoms with E-state index < -0.39 is 0 Å². The molecule has 0 radical (unpaired) electrons. The van der Waals surface area contributed by atoms with Crippen molar-refractivity contribution in [1.29, 1.82) is 0 Å². The maximum atomic E-state index is 6.16. The van der Waals surface area contributed by atoms with Crippen molar-refractivity contribution >= 4 is 0 Å². The smallest absolute Gasteiger partial charge is 0.122 e. The van der Waals surface area contributed by atoms with E-state index in [1.165, 1.54) is 5.56 Å². The van der Waals surface area contributed by atoms with Gasteiger partial charge in [0.1, 0.15) is 11.9 Å². The summed E-state index contributed by atoms with van der Waals surface area (Å²) in [6.45, 7) is 11.4. The van der Waals surface area contributed by atoms with E-state index in [1.807, 2.05) is 12.1 Å². The Morgan fingerprint density at radius 3 is 2.18 bits per heavy atom. The molecule has 0 aliphatic carbocycles. The van der Waals surface area contributed by atoms with Gasteiger partial charge in [-0.3, -0.25) is 0 Å². The van der Waals surface area contributed by atoms with Crippen molar-refractivity contribution in [3.63, 3.8) is 0 Å². The second-order valence-corrected chi connectivity index (χ2v) is 5.31. The third-order valence-corrected chi connectivity index (χ3v) is 3.19. The highest BCUT2D eigenvalue weighted by Crippen LogP contribution is 2.26. The lowest BCUT2D eigenvalue weighted by atomic mass is 9.96. The lowest BCUT2D eigenvalue weighted by Gasteiger charge is -2.27. The largest absolute Gasteiger partial charge is 0.490 e. The summed E-state index contributed by atoms with van der Waals surface area (Å²) >= 11 is 0. The fraction of sp³-hybridized carbons (Fsp3) is 0.600. The van der Waals surface area contributed by atoms with E-state index in [2.05, 4.69) is 40.7 Å². The molecule has 0 spiro atoms. The fourth-order valence-electron chi connectivity index (χ4n) is 2.20. The Hall–Kier alpha value is -1.02. The normalized spacial score (nSPS) is 11.6. The SMILES string of the molecule is Cc1c(CN)cccc1OC(C(C)C)C(C)C. The molecule has 96 valence electrons. The van der Waals surface area contributed by atoms with Crippen molar-refractivity contribution in [3.05, 3.63) is 29.3 Å². The molecule has 0 aliphatic rings. The topological polar surface area (TPSA) is 35.2 Å². The van der Waals surface area contributed by atoms with Crippen LogP contribution in [-0.4, -0.2) is 6.10 Å². The van der Waals surface area contributed by atoms with E-state index in [0.29, 0.717) is 18.4 Å². The van der Waals surface area contributed by atoms with Crippen molar-refractivity contribution in [1.82, 2.24) is 0 Å². The van der Waals surface area contributed by atoms with Crippen molar-refractivity contribution in [2.45, 2.75) is 47.3 Å². The number of benzene rings is 1. The number of rotatable bonds is 5. The molecule has 1 rings (SSSR count). The predicted molar refractivity (Wildman–Crippen MR) is 73.2 cm³/mol. The number of hydrogen-bond acceptors (Lipinski definition) is 2. The molecule has 1 aromatic carbocycles. The zero-order valence-electron chi connectivity index (χ0n) is 11.7. The molecule has 0 bridgehead atoms. The molecule has 2 heteroatoms. The Morgan fingerprint density at radius 2 is 1.71 bits per heavy atom. The average Bonchev–Trinajstić information content (AvgIpc) is 2.26. The molecule has 2 nitrogen and oxygen atoms in total. The molecule has 0 saturated carbocycles. The molecular weight excluding hydrogens is 210 g/mol. The van der Waals surface area contributed by atoms with Gasteiger partial charge in [0.2, 0.25) is 0 Å². The third-order valence-electron chi connectivity index (χ3n) is 3.19. The summed E-state index contributed by atoms with van der Waals surface area (Å²) in [5, 5.41) is 0. The first kappa shape index (κ1) is 14.0. The Balaban J connectivity index is 2.93. The second kappa shape index (κ2) is 6.06. The molecule has 0 aromatic heterocycles. The highest BCUT2D eigenvalue weighted by Gasteiger charge is 2.20. The molecule has 2 N–H and O–H groups in total. The van der Waals surface area contributed by atoms with Crippen molar-refractivity contribution in [2.75, 3.05) is 0 Å². The van der Waals surface area contributed by atoms with Crippen LogP contribution in [0.1, 0.15) is 38.8 Å². The average molecular weight is 235 g/mol. The van der Waals surface area contributed by atoms with Crippen LogP contribution in [-0.2, 0) is 6.54 Å². The number of nitrogens with two attached hydrogens (primary N) is 1. The van der Waals surface area contributed by atoms with E-state index >= 15 is 0 Å². The summed E-state index contributed by atoms with van der Waals surface area (Å²) in [5.41, 5.74) is 8.04. The van der Waals surface area contributed by atoms with Gasteiger partial charge in [-0.25, -0.2) is 0 Å². The van der Waals surface area contributed by atoms with Crippen LogP contribution >= 0.6 is 0 Å². The number of hydrogen-bond donors (Lipinski definition) is 1. The lowest BCUT2D eigenvalue weighted by molar-refractivity contribution is 0.104. The van der Waals surface area contributed by atoms with Gasteiger partial charge in [-0.15, -0.1) is 0 Å². The zero-order valence-corrected chi connectivity index (χ0v) is 11.7. The summed E-state index contributed by atoms with van der Waals surface area (Å²) in [7, 11) is 0. The predicted octanol–water partition coefficient (Wildman–Crippen LogP) is 3.51. The van der Waals surface area contributed by atoms with Gasteiger partial charge in [-0.05, 0) is 36.0 Å². The van der Waals surface area contributed by atoms with Gasteiger partial charge in [-0.2, -0.15) is 0 Å². The maximum Gasteiger partial charge on any atom is 0.122 e. The summed E-state index contributed by atoms with van der Waals surface area (Å²) in [5.74, 6) is 1.99. The van der Waals surface area contributed by atoms with Crippen LogP contribution in [0.5, 0.6) is 5.75 Å². The summed E-state index contributed by atoms with van der Waals surface area (Å²) in [6, 6.07) is 6.11. The van der Waals surface area contributed by atoms with Crippen LogP contribution in [0, 0.1) is 18.8 Å². The molecule has 0 saturated heterocycles. The Bertz CT molecular complexity index is 350. The molecule has 0 atom stereocenters. The monoisotopic (exact) mass is 235 g/mol. The van der Waals surface area contributed by atoms with E-state index in [1.54, 1.807) is 0 Å². The minimum Gasteiger partial charge on any atom is -0.490 e. The molecular formula is C15H25NO. The van der Waals surface area contributed by atoms with Gasteiger partial charge < -0.3 is 10.5 Å². The van der Waals surface area contributed by atoms with Gasteiger partial charge in [0.15, 0.2) is 0 Å². The highest BCUT2D eigenvalue weighted by atomic mass is 16.5. The molecule has 0 heterocycles. The summed E-state index contributed by atoms with van der Waals surface area (Å²) in [4.78, 5) is 0. The lowest BCUT2D eigenvalue weighted by Crippen LogP contribution is -2.29. The van der Waals surface area contributed by atoms with Crippen molar-refractivity contribution in [3.8, 4) is 5.75 Å².